The van der Waals surface area contributed by atoms with Crippen LogP contribution in [-0.2, 0) is 19.5 Å². The maximum atomic E-state index is 10.7. The van der Waals surface area contributed by atoms with Crippen LogP contribution in [0.25, 0.3) is 10.8 Å². The molecular formula is C22H31N5O7S2. The molecule has 0 bridgehead atoms. The van der Waals surface area contributed by atoms with Crippen LogP contribution >= 0.6 is 12.0 Å². The monoisotopic (exact) mass is 541 g/mol. The molecule has 0 aromatic heterocycles. The zero-order chi connectivity index (χ0) is 27.7. The number of anilines is 1. The largest absolute Gasteiger partial charge is 0.505 e. The van der Waals surface area contributed by atoms with Crippen LogP contribution in [0.4, 0.5) is 22.7 Å². The summed E-state index contributed by atoms with van der Waals surface area (Å²) in [6.45, 7) is 8.00. The Morgan fingerprint density at radius 1 is 0.972 bits per heavy atom. The van der Waals surface area contributed by atoms with Crippen molar-refractivity contribution < 1.29 is 32.7 Å². The van der Waals surface area contributed by atoms with Crippen molar-refractivity contribution in [1.29, 1.82) is 0 Å². The van der Waals surface area contributed by atoms with Crippen molar-refractivity contribution in [2.75, 3.05) is 19.0 Å². The Morgan fingerprint density at radius 3 is 2.08 bits per heavy atom. The molecule has 36 heavy (non-hydrogen) atoms. The number of fused-ring (bicyclic) bond motifs is 1. The van der Waals surface area contributed by atoms with Gasteiger partial charge in [-0.25, -0.2) is 5.26 Å². The molecule has 0 aliphatic rings. The molecule has 5 N–H and O–H groups in total. The lowest BCUT2D eigenvalue weighted by molar-refractivity contribution is -0.432. The first-order chi connectivity index (χ1) is 17.2. The molecule has 0 atom stereocenters. The topological polar surface area (TPSA) is 189 Å². The first-order valence-electron chi connectivity index (χ1n) is 10.6. The number of rotatable bonds is 6. The number of aromatic hydroxyl groups is 1. The van der Waals surface area contributed by atoms with Gasteiger partial charge < -0.3 is 10.8 Å². The van der Waals surface area contributed by atoms with E-state index >= 15 is 0 Å². The van der Waals surface area contributed by atoms with Crippen molar-refractivity contribution in [3.63, 3.8) is 0 Å². The van der Waals surface area contributed by atoms with Gasteiger partial charge in [-0.2, -0.15) is 23.8 Å². The number of nitrogen functional groups attached to an aromatic ring is 1. The molecule has 0 fully saturated rings. The number of nitrogens with zero attached hydrogens (tertiary/aromatic N) is 4. The quantitative estimate of drug-likeness (QED) is 0.0622. The highest BCUT2D eigenvalue weighted by molar-refractivity contribution is 7.94. The lowest BCUT2D eigenvalue weighted by Crippen LogP contribution is -1.90. The van der Waals surface area contributed by atoms with E-state index in [4.69, 9.17) is 15.5 Å². The highest BCUT2D eigenvalue weighted by Crippen LogP contribution is 2.47. The van der Waals surface area contributed by atoms with Crippen molar-refractivity contribution in [2.45, 2.75) is 32.6 Å². The maximum Gasteiger partial charge on any atom is 0.261 e. The first-order valence-corrected chi connectivity index (χ1v) is 13.2. The lowest BCUT2D eigenvalue weighted by atomic mass is 10.1. The van der Waals surface area contributed by atoms with E-state index in [2.05, 4.69) is 29.8 Å². The molecule has 0 saturated heterocycles. The summed E-state index contributed by atoms with van der Waals surface area (Å²) >= 11 is 0.665. The van der Waals surface area contributed by atoms with Gasteiger partial charge in [-0.15, -0.1) is 9.45 Å². The van der Waals surface area contributed by atoms with Gasteiger partial charge >= 0.3 is 0 Å². The number of phenolic OH excluding ortho intramolecular Hbond substituents is 1. The van der Waals surface area contributed by atoms with Crippen LogP contribution in [-0.4, -0.2) is 36.6 Å². The van der Waals surface area contributed by atoms with Crippen LogP contribution in [0.1, 0.15) is 27.7 Å². The molecule has 0 heterocycles. The summed E-state index contributed by atoms with van der Waals surface area (Å²) in [5.74, 6) is -0.198. The normalized spacial score (nSPS) is 10.8. The fourth-order valence-corrected chi connectivity index (χ4v) is 2.96. The molecule has 0 spiro atoms. The van der Waals surface area contributed by atoms with Gasteiger partial charge in [-0.1, -0.05) is 57.0 Å². The molecule has 3 aromatic rings. The molecule has 14 heteroatoms. The second-order valence-corrected chi connectivity index (χ2v) is 8.17. The van der Waals surface area contributed by atoms with E-state index in [9.17, 15) is 13.5 Å². The van der Waals surface area contributed by atoms with Gasteiger partial charge in [0.1, 0.15) is 11.4 Å². The number of benzene rings is 3. The van der Waals surface area contributed by atoms with Crippen LogP contribution in [0.5, 0.6) is 5.75 Å². The number of phenols is 1. The third-order valence-corrected chi connectivity index (χ3v) is 4.24. The zero-order valence-electron chi connectivity index (χ0n) is 20.8. The maximum absolute atomic E-state index is 10.7. The molecule has 3 aromatic carbocycles. The van der Waals surface area contributed by atoms with Gasteiger partial charge in [0.05, 0.1) is 40.0 Å². The van der Waals surface area contributed by atoms with E-state index in [0.717, 1.165) is 0 Å². The van der Waals surface area contributed by atoms with Crippen molar-refractivity contribution in [1.82, 2.24) is 0 Å². The molecule has 0 radical (unpaired) electrons. The van der Waals surface area contributed by atoms with Crippen molar-refractivity contribution in [2.24, 2.45) is 20.5 Å². The van der Waals surface area contributed by atoms with Crippen LogP contribution < -0.4 is 5.73 Å². The first kappa shape index (κ1) is 32.9. The van der Waals surface area contributed by atoms with Gasteiger partial charge in [0.25, 0.3) is 10.1 Å². The fraction of sp³-hybridized carbons (Fsp3) is 0.273. The van der Waals surface area contributed by atoms with Gasteiger partial charge in [0, 0.05) is 7.05 Å². The summed E-state index contributed by atoms with van der Waals surface area (Å²) in [5.41, 5.74) is 7.65. The Labute approximate surface area is 214 Å². The highest BCUT2D eigenvalue weighted by atomic mass is 32.2. The number of hydrogen-bond donors (Lipinski definition) is 4. The van der Waals surface area contributed by atoms with E-state index in [1.807, 2.05) is 58.0 Å². The Bertz CT molecular complexity index is 1230. The SMILES string of the molecule is CC.CC.CN=Nc1c(SOOO)cc2ccc(N=Nc3ccccc3)c(N)c2c1O.CS(=O)(=O)O. The summed E-state index contributed by atoms with van der Waals surface area (Å²) in [4.78, 5) is 0.373. The van der Waals surface area contributed by atoms with E-state index in [-0.39, 0.29) is 17.1 Å². The van der Waals surface area contributed by atoms with E-state index in [0.29, 0.717) is 45.3 Å². The molecule has 0 aliphatic carbocycles. The zero-order valence-corrected chi connectivity index (χ0v) is 22.4. The Balaban J connectivity index is 0.00000119. The third-order valence-electron chi connectivity index (χ3n) is 3.62. The fourth-order valence-electron chi connectivity index (χ4n) is 2.46. The van der Waals surface area contributed by atoms with Crippen molar-refractivity contribution in [3.8, 4) is 5.75 Å². The molecule has 0 amide bonds. The number of nitrogens with two attached hydrogens (primary N) is 1. The van der Waals surface area contributed by atoms with Gasteiger partial charge in [0.15, 0.2) is 5.75 Å². The van der Waals surface area contributed by atoms with Gasteiger partial charge in [0.2, 0.25) is 0 Å². The van der Waals surface area contributed by atoms with Gasteiger partial charge in [-0.05, 0) is 29.7 Å². The molecule has 0 saturated carbocycles. The van der Waals surface area contributed by atoms with E-state index in [1.165, 1.54) is 7.05 Å². The molecule has 0 unspecified atom stereocenters. The minimum absolute atomic E-state index is 0.121. The Kier molecular flexibility index (Phi) is 15.8. The van der Waals surface area contributed by atoms with Crippen molar-refractivity contribution >= 4 is 55.7 Å². The van der Waals surface area contributed by atoms with Crippen LogP contribution in [0.15, 0.2) is 73.9 Å². The second-order valence-electron chi connectivity index (χ2n) is 5.96. The predicted molar refractivity (Wildman–Crippen MR) is 142 cm³/mol. The minimum Gasteiger partial charge on any atom is -0.505 e. The van der Waals surface area contributed by atoms with Crippen LogP contribution in [0, 0.1) is 0 Å². The molecule has 3 rings (SSSR count). The summed E-state index contributed by atoms with van der Waals surface area (Å²) in [5, 5.41) is 39.5. The Hall–Kier alpha value is -3.14. The second kappa shape index (κ2) is 17.3. The lowest BCUT2D eigenvalue weighted by Gasteiger charge is -2.11. The average Bonchev–Trinajstić information content (AvgIpc) is 2.86. The molecule has 12 nitrogen and oxygen atoms in total. The standard InChI is InChI=1S/C17H15N5O4S.2C2H6.CH4O3S/c1-19-22-16-13(27-26-25-24)9-10-7-8-12(15(18)14(10)17(16)23)21-20-11-5-3-2-4-6-11;2*1-2;1-5(2,3)4/h2-9,23-24H,18H2,1H3;2*1-2H3;1H3,(H,2,3,4). The van der Waals surface area contributed by atoms with Crippen LogP contribution in [0.3, 0.4) is 0 Å². The van der Waals surface area contributed by atoms with E-state index in [1.54, 1.807) is 18.2 Å². The third kappa shape index (κ3) is 11.1. The summed E-state index contributed by atoms with van der Waals surface area (Å²) < 4.78 is 30.3. The average molecular weight is 542 g/mol. The predicted octanol–water partition coefficient (Wildman–Crippen LogP) is 7.24. The molecular weight excluding hydrogens is 510 g/mol. The van der Waals surface area contributed by atoms with Gasteiger partial charge in [-0.3, -0.25) is 4.55 Å². The van der Waals surface area contributed by atoms with Crippen LogP contribution in [0.2, 0.25) is 0 Å². The van der Waals surface area contributed by atoms with Crippen molar-refractivity contribution in [3.05, 3.63) is 48.5 Å². The highest BCUT2D eigenvalue weighted by Gasteiger charge is 2.18. The number of hydrogen-bond acceptors (Lipinski definition) is 12. The Morgan fingerprint density at radius 2 is 1.56 bits per heavy atom. The molecule has 0 aliphatic heterocycles. The minimum atomic E-state index is -3.67. The summed E-state index contributed by atoms with van der Waals surface area (Å²) in [6.07, 6.45) is 0.715. The smallest absolute Gasteiger partial charge is 0.261 e. The van der Waals surface area contributed by atoms with E-state index < -0.39 is 10.1 Å². The summed E-state index contributed by atoms with van der Waals surface area (Å²) in [6, 6.07) is 14.3. The molecule has 198 valence electrons. The summed E-state index contributed by atoms with van der Waals surface area (Å²) in [7, 11) is -2.21. The number of azo groups is 2.